The Balaban J connectivity index is 1.81. The fourth-order valence-corrected chi connectivity index (χ4v) is 5.67. The molecule has 0 amide bonds. The lowest BCUT2D eigenvalue weighted by Crippen LogP contribution is -2.32. The van der Waals surface area contributed by atoms with Gasteiger partial charge in [0, 0.05) is 6.42 Å². The van der Waals surface area contributed by atoms with Crippen molar-refractivity contribution in [1.82, 2.24) is 0 Å². The topological polar surface area (TPSA) is 40.5 Å². The molecule has 3 aliphatic carbocycles. The summed E-state index contributed by atoms with van der Waals surface area (Å²) in [5, 5.41) is 20.0. The number of aliphatic hydroxyl groups excluding tert-OH is 2. The summed E-state index contributed by atoms with van der Waals surface area (Å²) in [5.74, 6) is 1.31. The minimum absolute atomic E-state index is 0.319. The van der Waals surface area contributed by atoms with Crippen LogP contribution in [0.25, 0.3) is 0 Å². The molecule has 0 radical (unpaired) electrons. The predicted molar refractivity (Wildman–Crippen MR) is 109 cm³/mol. The molecule has 2 N–H and O–H groups in total. The molecule has 26 heavy (non-hydrogen) atoms. The molecule has 2 fully saturated rings. The first-order valence-corrected chi connectivity index (χ1v) is 10.5. The van der Waals surface area contributed by atoms with Crippen molar-refractivity contribution >= 4 is 0 Å². The third-order valence-corrected chi connectivity index (χ3v) is 7.13. The van der Waals surface area contributed by atoms with Gasteiger partial charge in [-0.25, -0.2) is 0 Å². The average Bonchev–Trinajstić information content (AvgIpc) is 2.94. The van der Waals surface area contributed by atoms with Crippen molar-refractivity contribution < 1.29 is 10.2 Å². The van der Waals surface area contributed by atoms with Gasteiger partial charge in [-0.05, 0) is 66.9 Å². The van der Waals surface area contributed by atoms with E-state index in [0.717, 1.165) is 11.1 Å². The number of aliphatic hydroxyl groups is 2. The first-order chi connectivity index (χ1) is 12.4. The molecule has 2 heteroatoms. The number of rotatable bonds is 4. The van der Waals surface area contributed by atoms with E-state index < -0.39 is 12.2 Å². The molecule has 0 aromatic heterocycles. The third-order valence-electron chi connectivity index (χ3n) is 7.13. The van der Waals surface area contributed by atoms with Crippen LogP contribution in [0.1, 0.15) is 72.1 Å². The predicted octanol–water partition coefficient (Wildman–Crippen LogP) is 5.48. The molecule has 3 aliphatic rings. The molecule has 144 valence electrons. The van der Waals surface area contributed by atoms with Crippen molar-refractivity contribution in [2.45, 2.75) is 84.3 Å². The molecule has 0 bridgehead atoms. The van der Waals surface area contributed by atoms with Crippen molar-refractivity contribution in [3.05, 3.63) is 47.1 Å². The second-order valence-electron chi connectivity index (χ2n) is 8.98. The van der Waals surface area contributed by atoms with E-state index in [2.05, 4.69) is 45.6 Å². The van der Waals surface area contributed by atoms with Crippen LogP contribution in [0.5, 0.6) is 0 Å². The van der Waals surface area contributed by atoms with Crippen molar-refractivity contribution in [3.8, 4) is 0 Å². The number of hydrogen-bond acceptors (Lipinski definition) is 2. The van der Waals surface area contributed by atoms with Gasteiger partial charge in [-0.1, -0.05) is 63.1 Å². The molecule has 0 heterocycles. The minimum Gasteiger partial charge on any atom is -0.393 e. The quantitative estimate of drug-likeness (QED) is 0.654. The van der Waals surface area contributed by atoms with Gasteiger partial charge in [0.2, 0.25) is 0 Å². The monoisotopic (exact) mass is 356 g/mol. The molecule has 0 spiro atoms. The van der Waals surface area contributed by atoms with Crippen LogP contribution < -0.4 is 0 Å². The van der Waals surface area contributed by atoms with Gasteiger partial charge in [-0.2, -0.15) is 0 Å². The van der Waals surface area contributed by atoms with Crippen LogP contribution in [-0.2, 0) is 0 Å². The van der Waals surface area contributed by atoms with E-state index in [1.54, 1.807) is 11.1 Å². The van der Waals surface area contributed by atoms with Crippen LogP contribution >= 0.6 is 0 Å². The SMILES string of the molecule is C=C1/C(=C\C=C2/CCC[C@]3(C)C([C@H](C)CCC)=CC[C@@H]23)CC(O)CC1O. The van der Waals surface area contributed by atoms with Crippen molar-refractivity contribution in [3.63, 3.8) is 0 Å². The summed E-state index contributed by atoms with van der Waals surface area (Å²) >= 11 is 0. The summed E-state index contributed by atoms with van der Waals surface area (Å²) in [6, 6.07) is 0. The smallest absolute Gasteiger partial charge is 0.0811 e. The standard InChI is InChI=1S/C24H36O2/c1-5-7-16(2)21-11-12-22-18(8-6-13-24(21,22)4)9-10-19-14-20(25)15-23(26)17(19)3/h9-11,16,20,22-23,25-26H,3,5-8,12-15H2,1-2,4H3/b18-9+,19-10-/t16-,20?,22+,23?,24-/m1/s1. The zero-order valence-corrected chi connectivity index (χ0v) is 16.8. The third kappa shape index (κ3) is 3.64. The highest BCUT2D eigenvalue weighted by atomic mass is 16.3. The van der Waals surface area contributed by atoms with Crippen LogP contribution in [0.15, 0.2) is 47.1 Å². The van der Waals surface area contributed by atoms with Crippen molar-refractivity contribution in [1.29, 1.82) is 0 Å². The first kappa shape index (κ1) is 19.6. The summed E-state index contributed by atoms with van der Waals surface area (Å²) in [4.78, 5) is 0. The number of hydrogen-bond donors (Lipinski definition) is 2. The zero-order chi connectivity index (χ0) is 18.9. The fraction of sp³-hybridized carbons (Fsp3) is 0.667. The second-order valence-corrected chi connectivity index (χ2v) is 8.98. The Morgan fingerprint density at radius 3 is 2.85 bits per heavy atom. The summed E-state index contributed by atoms with van der Waals surface area (Å²) in [5.41, 5.74) is 5.35. The Hall–Kier alpha value is -1.12. The van der Waals surface area contributed by atoms with Gasteiger partial charge in [0.25, 0.3) is 0 Å². The average molecular weight is 357 g/mol. The van der Waals surface area contributed by atoms with Crippen LogP contribution in [0, 0.1) is 17.3 Å². The van der Waals surface area contributed by atoms with Crippen molar-refractivity contribution in [2.24, 2.45) is 17.3 Å². The highest BCUT2D eigenvalue weighted by molar-refractivity contribution is 5.40. The fourth-order valence-electron chi connectivity index (χ4n) is 5.67. The molecule has 2 unspecified atom stereocenters. The van der Waals surface area contributed by atoms with Gasteiger partial charge in [-0.3, -0.25) is 0 Å². The lowest BCUT2D eigenvalue weighted by atomic mass is 9.62. The Morgan fingerprint density at radius 2 is 2.12 bits per heavy atom. The molecule has 0 aromatic rings. The number of allylic oxidation sites excluding steroid dienone is 5. The summed E-state index contributed by atoms with van der Waals surface area (Å²) in [7, 11) is 0. The molecule has 5 atom stereocenters. The summed E-state index contributed by atoms with van der Waals surface area (Å²) < 4.78 is 0. The van der Waals surface area contributed by atoms with Gasteiger partial charge in [0.1, 0.15) is 0 Å². The molecule has 0 aromatic carbocycles. The van der Waals surface area contributed by atoms with Crippen LogP contribution in [0.2, 0.25) is 0 Å². The van der Waals surface area contributed by atoms with E-state index in [1.807, 2.05) is 0 Å². The first-order valence-electron chi connectivity index (χ1n) is 10.5. The van der Waals surface area contributed by atoms with Gasteiger partial charge in [0.15, 0.2) is 0 Å². The summed E-state index contributed by atoms with van der Waals surface area (Å²) in [6.07, 6.45) is 14.3. The normalized spacial score (nSPS) is 39.2. The van der Waals surface area contributed by atoms with E-state index >= 15 is 0 Å². The van der Waals surface area contributed by atoms with Crippen LogP contribution in [0.3, 0.4) is 0 Å². The highest BCUT2D eigenvalue weighted by Crippen LogP contribution is 2.57. The summed E-state index contributed by atoms with van der Waals surface area (Å²) in [6.45, 7) is 11.2. The molecule has 2 saturated carbocycles. The number of fused-ring (bicyclic) bond motifs is 1. The lowest BCUT2D eigenvalue weighted by molar-refractivity contribution is 0.0862. The molecular weight excluding hydrogens is 320 g/mol. The van der Waals surface area contributed by atoms with Crippen molar-refractivity contribution in [2.75, 3.05) is 0 Å². The van der Waals surface area contributed by atoms with Gasteiger partial charge < -0.3 is 10.2 Å². The molecular formula is C24H36O2. The van der Waals surface area contributed by atoms with E-state index in [9.17, 15) is 10.2 Å². The minimum atomic E-state index is -0.602. The zero-order valence-electron chi connectivity index (χ0n) is 16.8. The molecule has 3 rings (SSSR count). The van der Waals surface area contributed by atoms with E-state index in [0.29, 0.717) is 30.1 Å². The lowest BCUT2D eigenvalue weighted by Gasteiger charge is -2.42. The highest BCUT2D eigenvalue weighted by Gasteiger charge is 2.45. The maximum Gasteiger partial charge on any atom is 0.0811 e. The largest absolute Gasteiger partial charge is 0.393 e. The Labute approximate surface area is 159 Å². The Bertz CT molecular complexity index is 639. The Morgan fingerprint density at radius 1 is 1.35 bits per heavy atom. The van der Waals surface area contributed by atoms with Gasteiger partial charge in [-0.15, -0.1) is 0 Å². The van der Waals surface area contributed by atoms with Crippen LogP contribution in [-0.4, -0.2) is 22.4 Å². The second kappa shape index (κ2) is 7.86. The van der Waals surface area contributed by atoms with E-state index in [1.165, 1.54) is 38.5 Å². The maximum atomic E-state index is 10.1. The van der Waals surface area contributed by atoms with Crippen LogP contribution in [0.4, 0.5) is 0 Å². The van der Waals surface area contributed by atoms with Gasteiger partial charge in [0.05, 0.1) is 12.2 Å². The Kier molecular flexibility index (Phi) is 5.94. The maximum absolute atomic E-state index is 10.1. The van der Waals surface area contributed by atoms with Gasteiger partial charge >= 0.3 is 0 Å². The molecule has 0 saturated heterocycles. The molecule has 2 nitrogen and oxygen atoms in total. The molecule has 0 aliphatic heterocycles. The van der Waals surface area contributed by atoms with E-state index in [4.69, 9.17) is 0 Å². The van der Waals surface area contributed by atoms with E-state index in [-0.39, 0.29) is 0 Å².